The molecule has 1 heterocycles. The average Bonchev–Trinajstić information content (AvgIpc) is 2.46. The second kappa shape index (κ2) is 10.2. The number of carbonyl (C=O) groups is 1. The van der Waals surface area contributed by atoms with E-state index in [1.165, 1.54) is 44.9 Å². The van der Waals surface area contributed by atoms with Crippen molar-refractivity contribution in [2.24, 2.45) is 11.7 Å². The summed E-state index contributed by atoms with van der Waals surface area (Å²) in [4.78, 5) is 14.1. The Morgan fingerprint density at radius 2 is 1.84 bits per heavy atom. The Hall–Kier alpha value is -0.570. The monoisotopic (exact) mass is 268 g/mol. The van der Waals surface area contributed by atoms with Crippen LogP contribution in [0.2, 0.25) is 0 Å². The largest absolute Gasteiger partial charge is 0.342 e. The first-order valence-corrected chi connectivity index (χ1v) is 8.25. The molecule has 0 aliphatic carbocycles. The van der Waals surface area contributed by atoms with E-state index in [1.54, 1.807) is 0 Å². The molecule has 19 heavy (non-hydrogen) atoms. The molecular formula is C16H32N2O. The van der Waals surface area contributed by atoms with Crippen molar-refractivity contribution in [3.63, 3.8) is 0 Å². The highest BCUT2D eigenvalue weighted by Gasteiger charge is 2.21. The molecule has 0 aromatic heterocycles. The maximum atomic E-state index is 12.1. The molecule has 0 spiro atoms. The topological polar surface area (TPSA) is 46.3 Å². The van der Waals surface area contributed by atoms with E-state index in [0.29, 0.717) is 11.8 Å². The van der Waals surface area contributed by atoms with Gasteiger partial charge in [0, 0.05) is 19.5 Å². The van der Waals surface area contributed by atoms with E-state index in [1.807, 2.05) is 4.90 Å². The van der Waals surface area contributed by atoms with E-state index < -0.39 is 0 Å². The van der Waals surface area contributed by atoms with E-state index in [0.717, 1.165) is 38.9 Å². The van der Waals surface area contributed by atoms with Crippen LogP contribution >= 0.6 is 0 Å². The minimum absolute atomic E-state index is 0.353. The first kappa shape index (κ1) is 16.5. The zero-order valence-electron chi connectivity index (χ0n) is 12.7. The molecule has 3 nitrogen and oxygen atoms in total. The van der Waals surface area contributed by atoms with Crippen molar-refractivity contribution in [1.29, 1.82) is 0 Å². The fourth-order valence-electron chi connectivity index (χ4n) is 2.88. The summed E-state index contributed by atoms with van der Waals surface area (Å²) in [5, 5.41) is 0. The van der Waals surface area contributed by atoms with Crippen LogP contribution < -0.4 is 5.73 Å². The molecule has 1 rings (SSSR count). The van der Waals surface area contributed by atoms with Crippen LogP contribution in [0.25, 0.3) is 0 Å². The number of amides is 1. The Kier molecular flexibility index (Phi) is 8.89. The number of carbonyl (C=O) groups excluding carboxylic acids is 1. The van der Waals surface area contributed by atoms with Crippen molar-refractivity contribution in [2.45, 2.75) is 71.1 Å². The summed E-state index contributed by atoms with van der Waals surface area (Å²) in [5.41, 5.74) is 5.71. The molecule has 1 amide bonds. The smallest absolute Gasteiger partial charge is 0.222 e. The van der Waals surface area contributed by atoms with E-state index in [4.69, 9.17) is 5.73 Å². The molecule has 1 unspecified atom stereocenters. The van der Waals surface area contributed by atoms with Gasteiger partial charge < -0.3 is 10.6 Å². The normalized spacial score (nSPS) is 19.7. The number of hydrogen-bond donors (Lipinski definition) is 1. The second-order valence-corrected chi connectivity index (χ2v) is 5.96. The lowest BCUT2D eigenvalue weighted by molar-refractivity contribution is -0.133. The van der Waals surface area contributed by atoms with E-state index >= 15 is 0 Å². The fourth-order valence-corrected chi connectivity index (χ4v) is 2.88. The van der Waals surface area contributed by atoms with Gasteiger partial charge in [0.15, 0.2) is 0 Å². The van der Waals surface area contributed by atoms with Crippen molar-refractivity contribution >= 4 is 5.91 Å². The zero-order chi connectivity index (χ0) is 13.9. The van der Waals surface area contributed by atoms with Crippen molar-refractivity contribution in [3.8, 4) is 0 Å². The minimum Gasteiger partial charge on any atom is -0.342 e. The number of rotatable bonds is 9. The molecule has 0 aromatic rings. The molecule has 1 saturated heterocycles. The summed E-state index contributed by atoms with van der Waals surface area (Å²) in [6.07, 6.45) is 12.0. The van der Waals surface area contributed by atoms with Gasteiger partial charge in [-0.1, -0.05) is 45.4 Å². The highest BCUT2D eigenvalue weighted by atomic mass is 16.2. The lowest BCUT2D eigenvalue weighted by atomic mass is 9.98. The summed E-state index contributed by atoms with van der Waals surface area (Å²) in [6.45, 7) is 4.81. The number of hydrogen-bond acceptors (Lipinski definition) is 2. The molecule has 1 aliphatic rings. The van der Waals surface area contributed by atoms with Gasteiger partial charge in [0.05, 0.1) is 0 Å². The lowest BCUT2D eigenvalue weighted by Gasteiger charge is -2.32. The number of unbranched alkanes of at least 4 members (excludes halogenated alkanes) is 6. The first-order chi connectivity index (χ1) is 9.27. The summed E-state index contributed by atoms with van der Waals surface area (Å²) in [7, 11) is 0. The third-order valence-electron chi connectivity index (χ3n) is 4.20. The Morgan fingerprint density at radius 3 is 2.53 bits per heavy atom. The van der Waals surface area contributed by atoms with Crippen LogP contribution in [-0.2, 0) is 4.79 Å². The van der Waals surface area contributed by atoms with Crippen molar-refractivity contribution < 1.29 is 4.79 Å². The van der Waals surface area contributed by atoms with Crippen LogP contribution in [0.15, 0.2) is 0 Å². The average molecular weight is 268 g/mol. The predicted octanol–water partition coefficient (Wildman–Crippen LogP) is 3.32. The van der Waals surface area contributed by atoms with Crippen LogP contribution in [-0.4, -0.2) is 30.4 Å². The first-order valence-electron chi connectivity index (χ1n) is 8.25. The summed E-state index contributed by atoms with van der Waals surface area (Å²) >= 11 is 0. The summed E-state index contributed by atoms with van der Waals surface area (Å²) in [5.74, 6) is 0.887. The van der Waals surface area contributed by atoms with E-state index in [2.05, 4.69) is 6.92 Å². The van der Waals surface area contributed by atoms with Gasteiger partial charge in [-0.05, 0) is 31.7 Å². The van der Waals surface area contributed by atoms with E-state index in [-0.39, 0.29) is 0 Å². The Labute approximate surface area is 118 Å². The quantitative estimate of drug-likeness (QED) is 0.652. The zero-order valence-corrected chi connectivity index (χ0v) is 12.7. The van der Waals surface area contributed by atoms with Crippen molar-refractivity contribution in [3.05, 3.63) is 0 Å². The second-order valence-electron chi connectivity index (χ2n) is 5.96. The van der Waals surface area contributed by atoms with Crippen LogP contribution in [0.3, 0.4) is 0 Å². The van der Waals surface area contributed by atoms with Crippen molar-refractivity contribution in [1.82, 2.24) is 4.90 Å². The molecule has 0 saturated carbocycles. The molecular weight excluding hydrogens is 236 g/mol. The summed E-state index contributed by atoms with van der Waals surface area (Å²) in [6, 6.07) is 0. The molecule has 0 bridgehead atoms. The molecule has 1 aliphatic heterocycles. The van der Waals surface area contributed by atoms with E-state index in [9.17, 15) is 4.79 Å². The number of nitrogens with two attached hydrogens (primary N) is 1. The van der Waals surface area contributed by atoms with Gasteiger partial charge in [-0.3, -0.25) is 4.79 Å². The maximum Gasteiger partial charge on any atom is 0.222 e. The van der Waals surface area contributed by atoms with Gasteiger partial charge in [0.25, 0.3) is 0 Å². The van der Waals surface area contributed by atoms with Crippen LogP contribution in [0, 0.1) is 5.92 Å². The fraction of sp³-hybridized carbons (Fsp3) is 0.938. The van der Waals surface area contributed by atoms with Gasteiger partial charge in [0.2, 0.25) is 5.91 Å². The Balaban J connectivity index is 2.04. The molecule has 1 fully saturated rings. The highest BCUT2D eigenvalue weighted by molar-refractivity contribution is 5.76. The lowest BCUT2D eigenvalue weighted by Crippen LogP contribution is -2.41. The molecule has 0 radical (unpaired) electrons. The van der Waals surface area contributed by atoms with Crippen molar-refractivity contribution in [2.75, 3.05) is 19.6 Å². The minimum atomic E-state index is 0.353. The molecule has 3 heteroatoms. The third-order valence-corrected chi connectivity index (χ3v) is 4.20. The predicted molar refractivity (Wildman–Crippen MR) is 81.0 cm³/mol. The Bertz CT molecular complexity index is 243. The standard InChI is InChI=1S/C16H32N2O/c1-2-3-4-5-6-7-8-11-16(19)18-12-9-10-15(13-17)14-18/h15H,2-14,17H2,1H3. The van der Waals surface area contributed by atoms with Gasteiger partial charge in [-0.25, -0.2) is 0 Å². The SMILES string of the molecule is CCCCCCCCCC(=O)N1CCCC(CN)C1. The molecule has 1 atom stereocenters. The summed E-state index contributed by atoms with van der Waals surface area (Å²) < 4.78 is 0. The molecule has 2 N–H and O–H groups in total. The van der Waals surface area contributed by atoms with Gasteiger partial charge in [0.1, 0.15) is 0 Å². The van der Waals surface area contributed by atoms with Crippen LogP contribution in [0.5, 0.6) is 0 Å². The third kappa shape index (κ3) is 6.95. The Morgan fingerprint density at radius 1 is 1.16 bits per heavy atom. The van der Waals surface area contributed by atoms with Crippen LogP contribution in [0.1, 0.15) is 71.1 Å². The van der Waals surface area contributed by atoms with Gasteiger partial charge in [-0.15, -0.1) is 0 Å². The maximum absolute atomic E-state index is 12.1. The number of likely N-dealkylation sites (tertiary alicyclic amines) is 1. The molecule has 112 valence electrons. The van der Waals surface area contributed by atoms with Gasteiger partial charge >= 0.3 is 0 Å². The highest BCUT2D eigenvalue weighted by Crippen LogP contribution is 2.17. The van der Waals surface area contributed by atoms with Crippen LogP contribution in [0.4, 0.5) is 0 Å². The number of piperidine rings is 1. The number of nitrogens with zero attached hydrogens (tertiary/aromatic N) is 1. The molecule has 0 aromatic carbocycles. The van der Waals surface area contributed by atoms with Gasteiger partial charge in [-0.2, -0.15) is 0 Å².